The number of hydrogen-bond donors (Lipinski definition) is 1. The van der Waals surface area contributed by atoms with E-state index >= 15 is 0 Å². The lowest BCUT2D eigenvalue weighted by molar-refractivity contribution is 0.310. The number of aryl methyl sites for hydroxylation is 1. The molecule has 0 aliphatic rings. The Hall–Kier alpha value is -1.43. The number of hydrogen-bond acceptors (Lipinski definition) is 3. The average molecular weight is 251 g/mol. The zero-order valence-corrected chi connectivity index (χ0v) is 10.2. The van der Waals surface area contributed by atoms with Crippen molar-refractivity contribution in [2.24, 2.45) is 5.14 Å². The molecule has 2 rings (SSSR count). The summed E-state index contributed by atoms with van der Waals surface area (Å²) in [4.78, 5) is 0. The fourth-order valence-corrected chi connectivity index (χ4v) is 2.07. The molecule has 0 saturated carbocycles. The summed E-state index contributed by atoms with van der Waals surface area (Å²) in [6.45, 7) is 1.96. The van der Waals surface area contributed by atoms with Crippen LogP contribution >= 0.6 is 0 Å². The Labute approximate surface area is 100 Å². The zero-order chi connectivity index (χ0) is 12.5. The first-order chi connectivity index (χ1) is 7.97. The molecule has 0 spiro atoms. The average Bonchev–Trinajstić information content (AvgIpc) is 2.27. The number of fused-ring (bicyclic) bond motifs is 1. The second-order valence-electron chi connectivity index (χ2n) is 3.84. The number of rotatable bonds is 3. The Kier molecular flexibility index (Phi) is 3.15. The van der Waals surface area contributed by atoms with Gasteiger partial charge in [-0.15, -0.1) is 0 Å². The molecule has 17 heavy (non-hydrogen) atoms. The van der Waals surface area contributed by atoms with Crippen LogP contribution in [-0.4, -0.2) is 8.42 Å². The predicted octanol–water partition coefficient (Wildman–Crippen LogP) is 1.87. The maximum absolute atomic E-state index is 10.8. The molecule has 0 heterocycles. The molecule has 0 bridgehead atoms. The van der Waals surface area contributed by atoms with Crippen LogP contribution in [0.1, 0.15) is 11.1 Å². The molecule has 0 fully saturated rings. The Morgan fingerprint density at radius 2 is 1.76 bits per heavy atom. The summed E-state index contributed by atoms with van der Waals surface area (Å²) in [6, 6.07) is 11.6. The molecule has 0 amide bonds. The fraction of sp³-hybridized carbons (Fsp3) is 0.167. The zero-order valence-electron chi connectivity index (χ0n) is 9.38. The third-order valence-electron chi connectivity index (χ3n) is 2.61. The van der Waals surface area contributed by atoms with E-state index in [-0.39, 0.29) is 6.61 Å². The van der Waals surface area contributed by atoms with Crippen molar-refractivity contribution in [1.82, 2.24) is 0 Å². The Balaban J connectivity index is 2.45. The Morgan fingerprint density at radius 3 is 2.41 bits per heavy atom. The van der Waals surface area contributed by atoms with Crippen LogP contribution in [0.5, 0.6) is 0 Å². The summed E-state index contributed by atoms with van der Waals surface area (Å²) in [6.07, 6.45) is 0. The van der Waals surface area contributed by atoms with Gasteiger partial charge in [0.25, 0.3) is 0 Å². The summed E-state index contributed by atoms with van der Waals surface area (Å²) in [5, 5.41) is 6.88. The van der Waals surface area contributed by atoms with Crippen molar-refractivity contribution in [3.05, 3.63) is 47.5 Å². The number of nitrogens with two attached hydrogens (primary N) is 1. The predicted molar refractivity (Wildman–Crippen MR) is 66.6 cm³/mol. The first kappa shape index (κ1) is 12.0. The van der Waals surface area contributed by atoms with Gasteiger partial charge in [0, 0.05) is 0 Å². The highest BCUT2D eigenvalue weighted by Crippen LogP contribution is 2.23. The van der Waals surface area contributed by atoms with Gasteiger partial charge >= 0.3 is 10.3 Å². The summed E-state index contributed by atoms with van der Waals surface area (Å²) in [5.41, 5.74) is 1.94. The highest BCUT2D eigenvalue weighted by atomic mass is 32.2. The molecule has 0 aliphatic carbocycles. The van der Waals surface area contributed by atoms with E-state index in [1.54, 1.807) is 0 Å². The molecule has 0 unspecified atom stereocenters. The van der Waals surface area contributed by atoms with Crippen LogP contribution in [-0.2, 0) is 21.1 Å². The molecule has 0 atom stereocenters. The second-order valence-corrected chi connectivity index (χ2v) is 5.06. The summed E-state index contributed by atoms with van der Waals surface area (Å²) in [7, 11) is -3.90. The van der Waals surface area contributed by atoms with Gasteiger partial charge in [0.2, 0.25) is 0 Å². The molecule has 2 N–H and O–H groups in total. The van der Waals surface area contributed by atoms with Crippen molar-refractivity contribution in [3.8, 4) is 0 Å². The molecule has 5 heteroatoms. The molecule has 90 valence electrons. The molecular formula is C12H13NO3S. The topological polar surface area (TPSA) is 69.4 Å². The fourth-order valence-electron chi connectivity index (χ4n) is 1.78. The lowest BCUT2D eigenvalue weighted by Gasteiger charge is -2.08. The molecule has 2 aromatic carbocycles. The Bertz CT molecular complexity index is 650. The van der Waals surface area contributed by atoms with E-state index in [4.69, 9.17) is 5.14 Å². The van der Waals surface area contributed by atoms with Crippen LogP contribution < -0.4 is 5.14 Å². The van der Waals surface area contributed by atoms with Crippen LogP contribution in [0.2, 0.25) is 0 Å². The van der Waals surface area contributed by atoms with Crippen molar-refractivity contribution >= 4 is 21.1 Å². The largest absolute Gasteiger partial charge is 0.333 e. The molecule has 0 radical (unpaired) electrons. The SMILES string of the molecule is Cc1ccc(COS(N)(=O)=O)c2ccccc12. The van der Waals surface area contributed by atoms with Crippen LogP contribution in [0, 0.1) is 6.92 Å². The van der Waals surface area contributed by atoms with E-state index in [2.05, 4.69) is 4.18 Å². The van der Waals surface area contributed by atoms with Crippen molar-refractivity contribution in [1.29, 1.82) is 0 Å². The van der Waals surface area contributed by atoms with E-state index in [1.807, 2.05) is 43.3 Å². The van der Waals surface area contributed by atoms with E-state index in [0.29, 0.717) is 0 Å². The smallest absolute Gasteiger partial charge is 0.253 e. The lowest BCUT2D eigenvalue weighted by atomic mass is 10.0. The highest BCUT2D eigenvalue weighted by Gasteiger charge is 2.07. The summed E-state index contributed by atoms with van der Waals surface area (Å²) >= 11 is 0. The first-order valence-electron chi connectivity index (χ1n) is 5.12. The van der Waals surface area contributed by atoms with Crippen molar-refractivity contribution in [3.63, 3.8) is 0 Å². The first-order valence-corrected chi connectivity index (χ1v) is 6.59. The molecule has 0 aliphatic heterocycles. The van der Waals surface area contributed by atoms with Crippen molar-refractivity contribution < 1.29 is 12.6 Å². The maximum atomic E-state index is 10.8. The van der Waals surface area contributed by atoms with Crippen molar-refractivity contribution in [2.75, 3.05) is 0 Å². The van der Waals surface area contributed by atoms with Crippen LogP contribution in [0.25, 0.3) is 10.8 Å². The third kappa shape index (κ3) is 2.82. The minimum absolute atomic E-state index is 0.0420. The molecule has 0 saturated heterocycles. The van der Waals surface area contributed by atoms with Gasteiger partial charge in [-0.1, -0.05) is 36.4 Å². The van der Waals surface area contributed by atoms with Gasteiger partial charge in [-0.3, -0.25) is 4.18 Å². The highest BCUT2D eigenvalue weighted by molar-refractivity contribution is 7.84. The summed E-state index contributed by atoms with van der Waals surface area (Å²) in [5.74, 6) is 0. The van der Waals surface area contributed by atoms with E-state index in [9.17, 15) is 8.42 Å². The minimum atomic E-state index is -3.90. The molecule has 0 aromatic heterocycles. The van der Waals surface area contributed by atoms with Crippen LogP contribution in [0.3, 0.4) is 0 Å². The molecule has 2 aromatic rings. The van der Waals surface area contributed by atoms with Gasteiger partial charge in [-0.05, 0) is 28.8 Å². The van der Waals surface area contributed by atoms with Gasteiger partial charge in [-0.25, -0.2) is 5.14 Å². The normalized spacial score (nSPS) is 11.9. The van der Waals surface area contributed by atoms with E-state index < -0.39 is 10.3 Å². The quantitative estimate of drug-likeness (QED) is 0.905. The van der Waals surface area contributed by atoms with E-state index in [1.165, 1.54) is 0 Å². The minimum Gasteiger partial charge on any atom is -0.253 e. The monoisotopic (exact) mass is 251 g/mol. The summed E-state index contributed by atoms with van der Waals surface area (Å²) < 4.78 is 26.1. The molecular weight excluding hydrogens is 238 g/mol. The van der Waals surface area contributed by atoms with Crippen LogP contribution in [0.15, 0.2) is 36.4 Å². The van der Waals surface area contributed by atoms with Crippen molar-refractivity contribution in [2.45, 2.75) is 13.5 Å². The standard InChI is InChI=1S/C12H13NO3S/c1-9-6-7-10(8-16-17(13,14)15)12-5-3-2-4-11(9)12/h2-7H,8H2,1H3,(H2,13,14,15). The van der Waals surface area contributed by atoms with Crippen LogP contribution in [0.4, 0.5) is 0 Å². The van der Waals surface area contributed by atoms with Gasteiger partial charge in [-0.2, -0.15) is 8.42 Å². The van der Waals surface area contributed by atoms with Gasteiger partial charge in [0.1, 0.15) is 0 Å². The lowest BCUT2D eigenvalue weighted by Crippen LogP contribution is -2.15. The van der Waals surface area contributed by atoms with Gasteiger partial charge in [0.15, 0.2) is 0 Å². The van der Waals surface area contributed by atoms with E-state index in [0.717, 1.165) is 21.9 Å². The van der Waals surface area contributed by atoms with Gasteiger partial charge in [0.05, 0.1) is 6.61 Å². The van der Waals surface area contributed by atoms with Gasteiger partial charge < -0.3 is 0 Å². The Morgan fingerprint density at radius 1 is 1.12 bits per heavy atom. The maximum Gasteiger partial charge on any atom is 0.333 e. The third-order valence-corrected chi connectivity index (χ3v) is 3.06. The molecule has 4 nitrogen and oxygen atoms in total. The second kappa shape index (κ2) is 4.44. The number of benzene rings is 2.